The van der Waals surface area contributed by atoms with E-state index in [1.807, 2.05) is 0 Å². The highest BCUT2D eigenvalue weighted by atomic mass is 16.5. The summed E-state index contributed by atoms with van der Waals surface area (Å²) in [4.78, 5) is 12.3. The van der Waals surface area contributed by atoms with Crippen LogP contribution in [0.25, 0.3) is 0 Å². The first-order valence-corrected chi connectivity index (χ1v) is 7.23. The Morgan fingerprint density at radius 1 is 1.23 bits per heavy atom. The molecule has 6 heteroatoms. The van der Waals surface area contributed by atoms with Gasteiger partial charge in [-0.25, -0.2) is 0 Å². The minimum atomic E-state index is -0.865. The van der Waals surface area contributed by atoms with Gasteiger partial charge >= 0.3 is 0 Å². The van der Waals surface area contributed by atoms with E-state index in [9.17, 15) is 9.90 Å². The van der Waals surface area contributed by atoms with Gasteiger partial charge in [-0.15, -0.1) is 0 Å². The van der Waals surface area contributed by atoms with E-state index in [4.69, 9.17) is 14.2 Å². The van der Waals surface area contributed by atoms with Gasteiger partial charge < -0.3 is 24.6 Å². The number of hydrogen-bond donors (Lipinski definition) is 2. The molecule has 2 N–H and O–H groups in total. The van der Waals surface area contributed by atoms with E-state index in [0.29, 0.717) is 22.8 Å². The van der Waals surface area contributed by atoms with Crippen LogP contribution in [0.5, 0.6) is 17.2 Å². The zero-order valence-electron chi connectivity index (χ0n) is 13.4. The van der Waals surface area contributed by atoms with Crippen molar-refractivity contribution in [1.82, 2.24) is 5.32 Å². The van der Waals surface area contributed by atoms with Gasteiger partial charge in [-0.1, -0.05) is 0 Å². The molecule has 0 spiro atoms. The molecule has 0 aromatic heterocycles. The number of rotatable bonds is 7. The molecule has 1 aliphatic rings. The Kier molecular flexibility index (Phi) is 4.81. The lowest BCUT2D eigenvalue weighted by atomic mass is 10.0. The van der Waals surface area contributed by atoms with Crippen LogP contribution in [0.4, 0.5) is 0 Å². The quantitative estimate of drug-likeness (QED) is 0.800. The Labute approximate surface area is 130 Å². The summed E-state index contributed by atoms with van der Waals surface area (Å²) in [7, 11) is 4.50. The summed E-state index contributed by atoms with van der Waals surface area (Å²) >= 11 is 0. The molecule has 1 unspecified atom stereocenters. The average molecular weight is 309 g/mol. The van der Waals surface area contributed by atoms with E-state index in [-0.39, 0.29) is 18.4 Å². The van der Waals surface area contributed by atoms with Crippen molar-refractivity contribution in [3.8, 4) is 17.2 Å². The second-order valence-corrected chi connectivity index (χ2v) is 5.73. The lowest BCUT2D eigenvalue weighted by Gasteiger charge is -2.23. The molecule has 1 atom stereocenters. The van der Waals surface area contributed by atoms with Gasteiger partial charge in [0.15, 0.2) is 11.5 Å². The van der Waals surface area contributed by atoms with Gasteiger partial charge in [0.2, 0.25) is 5.75 Å². The van der Waals surface area contributed by atoms with Crippen LogP contribution in [0.1, 0.15) is 30.1 Å². The van der Waals surface area contributed by atoms with Crippen molar-refractivity contribution in [3.05, 3.63) is 17.7 Å². The number of methoxy groups -OCH3 is 3. The van der Waals surface area contributed by atoms with Crippen LogP contribution >= 0.6 is 0 Å². The van der Waals surface area contributed by atoms with E-state index in [0.717, 1.165) is 12.8 Å². The predicted molar refractivity (Wildman–Crippen MR) is 81.8 cm³/mol. The minimum absolute atomic E-state index is 0.215. The number of amides is 1. The lowest BCUT2D eigenvalue weighted by molar-refractivity contribution is 0.0354. The largest absolute Gasteiger partial charge is 0.493 e. The normalized spacial score (nSPS) is 16.6. The Morgan fingerprint density at radius 3 is 2.18 bits per heavy atom. The zero-order valence-corrected chi connectivity index (χ0v) is 13.4. The van der Waals surface area contributed by atoms with E-state index in [2.05, 4.69) is 5.32 Å². The van der Waals surface area contributed by atoms with Crippen LogP contribution in [-0.2, 0) is 0 Å². The van der Waals surface area contributed by atoms with Crippen LogP contribution in [0.2, 0.25) is 0 Å². The van der Waals surface area contributed by atoms with Gasteiger partial charge in [-0.2, -0.15) is 0 Å². The second kappa shape index (κ2) is 6.44. The van der Waals surface area contributed by atoms with Crippen LogP contribution < -0.4 is 19.5 Å². The summed E-state index contributed by atoms with van der Waals surface area (Å²) < 4.78 is 15.7. The third kappa shape index (κ3) is 3.44. The zero-order chi connectivity index (χ0) is 16.3. The first-order valence-electron chi connectivity index (χ1n) is 7.23. The van der Waals surface area contributed by atoms with Crippen molar-refractivity contribution in [3.63, 3.8) is 0 Å². The number of aliphatic hydroxyl groups is 1. The second-order valence-electron chi connectivity index (χ2n) is 5.73. The van der Waals surface area contributed by atoms with Crippen LogP contribution in [0, 0.1) is 5.92 Å². The number of carbonyl (C=O) groups is 1. The molecule has 1 aromatic carbocycles. The van der Waals surface area contributed by atoms with Crippen molar-refractivity contribution < 1.29 is 24.1 Å². The molecule has 1 aliphatic carbocycles. The maximum absolute atomic E-state index is 12.3. The molecule has 1 aromatic rings. The summed E-state index contributed by atoms with van der Waals surface area (Å²) in [5, 5.41) is 13.0. The first kappa shape index (κ1) is 16.4. The van der Waals surface area contributed by atoms with Gasteiger partial charge in [0, 0.05) is 12.1 Å². The molecule has 0 aliphatic heterocycles. The molecular formula is C16H23NO5. The summed E-state index contributed by atoms with van der Waals surface area (Å²) in [6, 6.07) is 3.17. The highest BCUT2D eigenvalue weighted by molar-refractivity contribution is 5.95. The number of benzene rings is 1. The predicted octanol–water partition coefficient (Wildman–Crippen LogP) is 1.60. The molecule has 22 heavy (non-hydrogen) atoms. The molecule has 0 bridgehead atoms. The van der Waals surface area contributed by atoms with E-state index >= 15 is 0 Å². The number of hydrogen-bond acceptors (Lipinski definition) is 5. The van der Waals surface area contributed by atoms with Gasteiger partial charge in [-0.05, 0) is 37.8 Å². The van der Waals surface area contributed by atoms with Crippen LogP contribution in [-0.4, -0.2) is 44.5 Å². The summed E-state index contributed by atoms with van der Waals surface area (Å²) in [6.45, 7) is 1.97. The highest BCUT2D eigenvalue weighted by Gasteiger charge is 2.40. The molecule has 1 amide bonds. The van der Waals surface area contributed by atoms with Crippen molar-refractivity contribution in [2.24, 2.45) is 5.92 Å². The Morgan fingerprint density at radius 2 is 1.77 bits per heavy atom. The Hall–Kier alpha value is -1.95. The summed E-state index contributed by atoms with van der Waals surface area (Å²) in [5.41, 5.74) is -0.475. The first-order chi connectivity index (χ1) is 10.4. The smallest absolute Gasteiger partial charge is 0.251 e. The number of nitrogens with one attached hydrogen (secondary N) is 1. The van der Waals surface area contributed by atoms with E-state index < -0.39 is 5.60 Å². The Balaban J connectivity index is 2.15. The minimum Gasteiger partial charge on any atom is -0.493 e. The fraction of sp³-hybridized carbons (Fsp3) is 0.562. The molecular weight excluding hydrogens is 286 g/mol. The van der Waals surface area contributed by atoms with Crippen LogP contribution in [0.3, 0.4) is 0 Å². The van der Waals surface area contributed by atoms with Crippen molar-refractivity contribution >= 4 is 5.91 Å². The SMILES string of the molecule is COc1cc(C(=O)NCC(C)(O)C2CC2)cc(OC)c1OC. The van der Waals surface area contributed by atoms with Gasteiger partial charge in [0.1, 0.15) is 0 Å². The average Bonchev–Trinajstić information content (AvgIpc) is 3.36. The van der Waals surface area contributed by atoms with Crippen molar-refractivity contribution in [1.29, 1.82) is 0 Å². The van der Waals surface area contributed by atoms with Crippen molar-refractivity contribution in [2.75, 3.05) is 27.9 Å². The summed E-state index contributed by atoms with van der Waals surface area (Å²) in [6.07, 6.45) is 2.01. The van der Waals surface area contributed by atoms with Crippen LogP contribution in [0.15, 0.2) is 12.1 Å². The fourth-order valence-electron chi connectivity index (χ4n) is 2.42. The molecule has 122 valence electrons. The molecule has 1 saturated carbocycles. The van der Waals surface area contributed by atoms with E-state index in [1.54, 1.807) is 19.1 Å². The fourth-order valence-corrected chi connectivity index (χ4v) is 2.42. The monoisotopic (exact) mass is 309 g/mol. The Bertz CT molecular complexity index is 526. The van der Waals surface area contributed by atoms with Gasteiger partial charge in [0.05, 0.1) is 26.9 Å². The maximum atomic E-state index is 12.3. The maximum Gasteiger partial charge on any atom is 0.251 e. The van der Waals surface area contributed by atoms with E-state index in [1.165, 1.54) is 21.3 Å². The summed E-state index contributed by atoms with van der Waals surface area (Å²) in [5.74, 6) is 1.25. The molecule has 6 nitrogen and oxygen atoms in total. The molecule has 0 saturated heterocycles. The third-order valence-corrected chi connectivity index (χ3v) is 3.99. The topological polar surface area (TPSA) is 77.0 Å². The van der Waals surface area contributed by atoms with Gasteiger partial charge in [-0.3, -0.25) is 4.79 Å². The molecule has 1 fully saturated rings. The number of carbonyl (C=O) groups excluding carboxylic acids is 1. The number of ether oxygens (including phenoxy) is 3. The van der Waals surface area contributed by atoms with Crippen molar-refractivity contribution in [2.45, 2.75) is 25.4 Å². The molecule has 0 heterocycles. The standard InChI is InChI=1S/C16H23NO5/c1-16(19,11-5-6-11)9-17-15(18)10-7-12(20-2)14(22-4)13(8-10)21-3/h7-8,11,19H,5-6,9H2,1-4H3,(H,17,18). The highest BCUT2D eigenvalue weighted by Crippen LogP contribution is 2.40. The molecule has 0 radical (unpaired) electrons. The van der Waals surface area contributed by atoms with Gasteiger partial charge in [0.25, 0.3) is 5.91 Å². The molecule has 2 rings (SSSR count). The lowest BCUT2D eigenvalue weighted by Crippen LogP contribution is -2.42. The third-order valence-electron chi connectivity index (χ3n) is 3.99.